The quantitative estimate of drug-likeness (QED) is 0.212. The summed E-state index contributed by atoms with van der Waals surface area (Å²) in [7, 11) is -0.00779. The number of halogens is 1. The fraction of sp³-hybridized carbons (Fsp3) is 0.308. The summed E-state index contributed by atoms with van der Waals surface area (Å²) in [5.74, 6) is 0.836. The lowest BCUT2D eigenvalue weighted by molar-refractivity contribution is 0.143. The molecule has 0 aliphatic rings. The van der Waals surface area contributed by atoms with E-state index in [1.807, 2.05) is 18.7 Å². The summed E-state index contributed by atoms with van der Waals surface area (Å²) in [6.07, 6.45) is 2.51. The lowest BCUT2D eigenvalue weighted by atomic mass is 10.2. The third-order valence-corrected chi connectivity index (χ3v) is 7.62. The van der Waals surface area contributed by atoms with E-state index in [0.717, 1.165) is 17.5 Å². The van der Waals surface area contributed by atoms with Gasteiger partial charge in [-0.25, -0.2) is 22.9 Å². The van der Waals surface area contributed by atoms with Crippen molar-refractivity contribution in [2.45, 2.75) is 37.4 Å². The van der Waals surface area contributed by atoms with Crippen LogP contribution in [0.25, 0.3) is 11.2 Å². The number of nitrogen functional groups attached to an aromatic ring is 1. The second kappa shape index (κ2) is 12.9. The second-order valence-electron chi connectivity index (χ2n) is 9.20. The Kier molecular flexibility index (Phi) is 9.40. The van der Waals surface area contributed by atoms with E-state index in [2.05, 4.69) is 25.0 Å². The molecule has 4 rings (SSSR count). The third kappa shape index (κ3) is 7.58. The predicted octanol–water partition coefficient (Wildman–Crippen LogP) is 3.31. The molecule has 12 nitrogen and oxygen atoms in total. The number of hydrogen-bond donors (Lipinski definition) is 3. The number of nitrogens with two attached hydrogens (primary N) is 1. The molecule has 14 heteroatoms. The molecule has 40 heavy (non-hydrogen) atoms. The van der Waals surface area contributed by atoms with Gasteiger partial charge in [-0.1, -0.05) is 35.9 Å². The number of carbonyl (C=O) groups is 1. The van der Waals surface area contributed by atoms with Crippen LogP contribution in [0.3, 0.4) is 0 Å². The fourth-order valence-electron chi connectivity index (χ4n) is 3.74. The molecule has 0 unspecified atom stereocenters. The van der Waals surface area contributed by atoms with Crippen LogP contribution in [0.15, 0.2) is 59.8 Å². The van der Waals surface area contributed by atoms with Gasteiger partial charge in [0.05, 0.1) is 17.8 Å². The summed E-state index contributed by atoms with van der Waals surface area (Å²) >= 11 is 5.86. The summed E-state index contributed by atoms with van der Waals surface area (Å²) in [6, 6.07) is 13.2. The molecule has 2 heterocycles. The van der Waals surface area contributed by atoms with Gasteiger partial charge in [-0.15, -0.1) is 0 Å². The van der Waals surface area contributed by atoms with Crippen molar-refractivity contribution in [3.8, 4) is 0 Å². The Balaban J connectivity index is 1.17. The van der Waals surface area contributed by atoms with Gasteiger partial charge in [0.15, 0.2) is 11.5 Å². The van der Waals surface area contributed by atoms with Gasteiger partial charge in [-0.05, 0) is 48.2 Å². The van der Waals surface area contributed by atoms with E-state index < -0.39 is 16.1 Å². The minimum Gasteiger partial charge on any atom is -0.450 e. The van der Waals surface area contributed by atoms with Crippen LogP contribution in [0.1, 0.15) is 24.0 Å². The number of rotatable bonds is 12. The number of imidazole rings is 1. The second-order valence-corrected chi connectivity index (χ2v) is 11.4. The first-order chi connectivity index (χ1) is 19.1. The fourth-order valence-corrected chi connectivity index (χ4v) is 4.89. The van der Waals surface area contributed by atoms with Gasteiger partial charge in [-0.3, -0.25) is 0 Å². The first-order valence-corrected chi connectivity index (χ1v) is 14.4. The average Bonchev–Trinajstić information content (AvgIpc) is 3.35. The van der Waals surface area contributed by atoms with Crippen LogP contribution in [0.5, 0.6) is 0 Å². The molecule has 0 saturated carbocycles. The van der Waals surface area contributed by atoms with E-state index in [4.69, 9.17) is 22.1 Å². The van der Waals surface area contributed by atoms with Crippen LogP contribution in [0.2, 0.25) is 5.02 Å². The van der Waals surface area contributed by atoms with E-state index in [1.54, 1.807) is 47.6 Å². The standard InChI is InChI=1S/C26H31ClN8O4S/c1-34(2)25-32-23(28)22-24(33-25)35(17-30-22)13-3-4-14-39-26(36)29-15-18-7-11-21(12-8-18)40(37,38)31-16-19-5-9-20(27)10-6-19/h5-12,17,31H,3-4,13-16H2,1-2H3,(H,29,36)(H2,28,32,33). The Morgan fingerprint density at radius 3 is 2.40 bits per heavy atom. The zero-order valence-electron chi connectivity index (χ0n) is 22.2. The summed E-state index contributed by atoms with van der Waals surface area (Å²) in [5.41, 5.74) is 8.74. The maximum Gasteiger partial charge on any atom is 0.407 e. The van der Waals surface area contributed by atoms with Crippen LogP contribution in [-0.4, -0.2) is 54.7 Å². The Morgan fingerprint density at radius 1 is 1.02 bits per heavy atom. The summed E-state index contributed by atoms with van der Waals surface area (Å²) in [5, 5.41) is 3.26. The van der Waals surface area contributed by atoms with E-state index in [1.165, 1.54) is 12.1 Å². The number of nitrogens with zero attached hydrogens (tertiary/aromatic N) is 5. The van der Waals surface area contributed by atoms with Crippen LogP contribution >= 0.6 is 11.6 Å². The highest BCUT2D eigenvalue weighted by molar-refractivity contribution is 7.89. The molecule has 4 N–H and O–H groups in total. The molecular weight excluding hydrogens is 556 g/mol. The molecule has 0 spiro atoms. The molecule has 1 amide bonds. The Morgan fingerprint density at radius 2 is 1.70 bits per heavy atom. The maximum absolute atomic E-state index is 12.6. The van der Waals surface area contributed by atoms with E-state index in [9.17, 15) is 13.2 Å². The maximum atomic E-state index is 12.6. The van der Waals surface area contributed by atoms with Gasteiger partial charge >= 0.3 is 6.09 Å². The van der Waals surface area contributed by atoms with Crippen molar-refractivity contribution in [2.24, 2.45) is 0 Å². The number of anilines is 2. The molecular formula is C26H31ClN8O4S. The molecule has 0 radical (unpaired) electrons. The predicted molar refractivity (Wildman–Crippen MR) is 153 cm³/mol. The average molecular weight is 587 g/mol. The smallest absolute Gasteiger partial charge is 0.407 e. The monoisotopic (exact) mass is 586 g/mol. The highest BCUT2D eigenvalue weighted by atomic mass is 35.5. The first-order valence-electron chi connectivity index (χ1n) is 12.5. The number of fused-ring (bicyclic) bond motifs is 1. The minimum atomic E-state index is -3.69. The Labute approximate surface area is 237 Å². The van der Waals surface area contributed by atoms with Crippen molar-refractivity contribution in [2.75, 3.05) is 31.3 Å². The number of sulfonamides is 1. The molecule has 0 saturated heterocycles. The van der Waals surface area contributed by atoms with Crippen LogP contribution in [0.4, 0.5) is 16.6 Å². The van der Waals surface area contributed by atoms with Gasteiger partial charge in [0.1, 0.15) is 5.52 Å². The van der Waals surface area contributed by atoms with E-state index in [-0.39, 0.29) is 24.6 Å². The van der Waals surface area contributed by atoms with E-state index in [0.29, 0.717) is 40.9 Å². The van der Waals surface area contributed by atoms with E-state index >= 15 is 0 Å². The molecule has 0 aliphatic heterocycles. The molecule has 0 atom stereocenters. The highest BCUT2D eigenvalue weighted by Gasteiger charge is 2.14. The minimum absolute atomic E-state index is 0.130. The molecule has 2 aromatic heterocycles. The topological polar surface area (TPSA) is 157 Å². The number of hydrogen-bond acceptors (Lipinski definition) is 9. The number of aryl methyl sites for hydroxylation is 1. The number of nitrogens with one attached hydrogen (secondary N) is 2. The lowest BCUT2D eigenvalue weighted by Crippen LogP contribution is -2.25. The number of amides is 1. The van der Waals surface area contributed by atoms with Crippen molar-refractivity contribution in [1.29, 1.82) is 0 Å². The SMILES string of the molecule is CN(C)c1nc(N)c2ncn(CCCCOC(=O)NCc3ccc(S(=O)(=O)NCc4ccc(Cl)cc4)cc3)c2n1. The summed E-state index contributed by atoms with van der Waals surface area (Å²) < 4.78 is 34.9. The van der Waals surface area contributed by atoms with Crippen molar-refractivity contribution in [3.05, 3.63) is 71.0 Å². The number of benzene rings is 2. The van der Waals surface area contributed by atoms with Gasteiger partial charge < -0.3 is 25.3 Å². The molecule has 0 aliphatic carbocycles. The molecule has 0 fully saturated rings. The number of carbonyl (C=O) groups excluding carboxylic acids is 1. The Hall–Kier alpha value is -3.94. The molecule has 212 valence electrons. The van der Waals surface area contributed by atoms with Gasteiger partial charge in [0.25, 0.3) is 0 Å². The first kappa shape index (κ1) is 29.1. The zero-order valence-corrected chi connectivity index (χ0v) is 23.7. The number of unbranched alkanes of at least 4 members (excludes halogenated alkanes) is 1. The molecule has 2 aromatic carbocycles. The zero-order chi connectivity index (χ0) is 28.7. The largest absolute Gasteiger partial charge is 0.450 e. The Bertz CT molecular complexity index is 1560. The van der Waals surface area contributed by atoms with Crippen molar-refractivity contribution < 1.29 is 17.9 Å². The lowest BCUT2D eigenvalue weighted by Gasteiger charge is -2.11. The van der Waals surface area contributed by atoms with Crippen LogP contribution < -0.4 is 20.7 Å². The van der Waals surface area contributed by atoms with Crippen molar-refractivity contribution in [3.63, 3.8) is 0 Å². The van der Waals surface area contributed by atoms with Gasteiger partial charge in [-0.2, -0.15) is 9.97 Å². The third-order valence-electron chi connectivity index (χ3n) is 5.96. The van der Waals surface area contributed by atoms with Crippen molar-refractivity contribution in [1.82, 2.24) is 29.6 Å². The van der Waals surface area contributed by atoms with Crippen LogP contribution in [0, 0.1) is 0 Å². The van der Waals surface area contributed by atoms with Crippen LogP contribution in [-0.2, 0) is 34.4 Å². The molecule has 4 aromatic rings. The molecule has 0 bridgehead atoms. The number of aromatic nitrogens is 4. The normalized spacial score (nSPS) is 11.5. The van der Waals surface area contributed by atoms with Gasteiger partial charge in [0, 0.05) is 38.8 Å². The summed E-state index contributed by atoms with van der Waals surface area (Å²) in [4.78, 5) is 27.1. The number of ether oxygens (including phenoxy) is 1. The number of alkyl carbamates (subject to hydrolysis) is 1. The highest BCUT2D eigenvalue weighted by Crippen LogP contribution is 2.20. The van der Waals surface area contributed by atoms with Crippen molar-refractivity contribution >= 4 is 50.6 Å². The summed E-state index contributed by atoms with van der Waals surface area (Å²) in [6.45, 7) is 1.23. The van der Waals surface area contributed by atoms with Gasteiger partial charge in [0.2, 0.25) is 16.0 Å².